The Labute approximate surface area is 215 Å². The Hall–Kier alpha value is -2.39. The lowest BCUT2D eigenvalue weighted by Crippen LogP contribution is -1.99. The largest absolute Gasteiger partial charge is 0.488 e. The molecule has 0 heterocycles. The third-order valence-electron chi connectivity index (χ3n) is 5.16. The van der Waals surface area contributed by atoms with Crippen molar-refractivity contribution >= 4 is 23.2 Å². The number of hydrogen-bond acceptors (Lipinski definition) is 3. The number of rotatable bonds is 11. The summed E-state index contributed by atoms with van der Waals surface area (Å²) in [7, 11) is 0. The average Bonchev–Trinajstić information content (AvgIpc) is 2.79. The molecule has 2 aromatic rings. The first-order valence-corrected chi connectivity index (χ1v) is 13.0. The molecule has 0 aliphatic rings. The lowest BCUT2D eigenvalue weighted by molar-refractivity contribution is 0.302. The van der Waals surface area contributed by atoms with Gasteiger partial charge in [0.2, 0.25) is 0 Å². The number of benzene rings is 2. The molecule has 0 amide bonds. The summed E-state index contributed by atoms with van der Waals surface area (Å²) in [5, 5.41) is 0. The summed E-state index contributed by atoms with van der Waals surface area (Å²) in [6, 6.07) is 14.8. The van der Waals surface area contributed by atoms with Crippen LogP contribution >= 0.6 is 12.2 Å². The maximum atomic E-state index is 6.10. The van der Waals surface area contributed by atoms with Gasteiger partial charge >= 0.3 is 0 Å². The number of allylic oxidation sites excluding steroid dienone is 1. The molecule has 2 rings (SSSR count). The second kappa shape index (κ2) is 20.0. The van der Waals surface area contributed by atoms with Crippen LogP contribution in [0.4, 0.5) is 0 Å². The Morgan fingerprint density at radius 3 is 1.94 bits per heavy atom. The van der Waals surface area contributed by atoms with Gasteiger partial charge in [0.05, 0.1) is 0 Å². The highest BCUT2D eigenvalue weighted by molar-refractivity contribution is 7.80. The highest BCUT2D eigenvalue weighted by Gasteiger charge is 2.07. The van der Waals surface area contributed by atoms with Crippen LogP contribution in [0.3, 0.4) is 0 Å². The summed E-state index contributed by atoms with van der Waals surface area (Å²) in [4.78, 5) is 1.09. The Morgan fingerprint density at radius 2 is 1.50 bits per heavy atom. The quantitative estimate of drug-likeness (QED) is 0.324. The number of hydrogen-bond donors (Lipinski definition) is 1. The summed E-state index contributed by atoms with van der Waals surface area (Å²) in [6.45, 7) is 16.7. The first kappa shape index (κ1) is 31.6. The fraction of sp³-hybridized carbons (Fsp3) is 0.452. The fourth-order valence-corrected chi connectivity index (χ4v) is 3.64. The molecule has 0 aromatic heterocycles. The van der Waals surface area contributed by atoms with Gasteiger partial charge in [-0.3, -0.25) is 0 Å². The van der Waals surface area contributed by atoms with Crippen LogP contribution in [-0.2, 0) is 6.61 Å². The van der Waals surface area contributed by atoms with Crippen molar-refractivity contribution in [2.24, 2.45) is 5.73 Å². The van der Waals surface area contributed by atoms with E-state index in [1.807, 2.05) is 25.1 Å². The van der Waals surface area contributed by atoms with Crippen LogP contribution in [0.5, 0.6) is 5.75 Å². The molecule has 2 nitrogen and oxygen atoms in total. The molecule has 0 unspecified atom stereocenters. The second-order valence-electron chi connectivity index (χ2n) is 8.60. The molecule has 0 fully saturated rings. The number of unbranched alkanes of at least 4 members (excludes halogenated alkanes) is 2. The summed E-state index contributed by atoms with van der Waals surface area (Å²) in [6.07, 6.45) is 12.0. The van der Waals surface area contributed by atoms with Gasteiger partial charge < -0.3 is 10.5 Å². The first-order chi connectivity index (χ1) is 16.3. The molecule has 0 saturated carbocycles. The van der Waals surface area contributed by atoms with Gasteiger partial charge in [-0.15, -0.1) is 0 Å². The van der Waals surface area contributed by atoms with E-state index in [2.05, 4.69) is 77.3 Å². The lowest BCUT2D eigenvalue weighted by atomic mass is 9.98. The number of nitrogens with two attached hydrogens (primary N) is 1. The molecule has 0 bridgehead atoms. The Kier molecular flexibility index (Phi) is 18.6. The van der Waals surface area contributed by atoms with Crippen molar-refractivity contribution in [2.75, 3.05) is 0 Å². The molecular weight excluding hydrogens is 434 g/mol. The average molecular weight is 482 g/mol. The van der Waals surface area contributed by atoms with Gasteiger partial charge in [0.25, 0.3) is 0 Å². The van der Waals surface area contributed by atoms with E-state index in [0.717, 1.165) is 29.9 Å². The highest BCUT2D eigenvalue weighted by atomic mass is 32.1. The lowest BCUT2D eigenvalue weighted by Gasteiger charge is -2.14. The molecule has 0 aliphatic heterocycles. The minimum absolute atomic E-state index is 0.604. The van der Waals surface area contributed by atoms with Crippen molar-refractivity contribution in [2.45, 2.75) is 93.1 Å². The topological polar surface area (TPSA) is 35.2 Å². The third-order valence-corrected chi connectivity index (χ3v) is 5.36. The van der Waals surface area contributed by atoms with Gasteiger partial charge in [-0.25, -0.2) is 0 Å². The molecule has 0 radical (unpaired) electrons. The fourth-order valence-electron chi connectivity index (χ4n) is 3.54. The molecule has 0 saturated heterocycles. The summed E-state index contributed by atoms with van der Waals surface area (Å²) in [5.74, 6) is 0.998. The van der Waals surface area contributed by atoms with E-state index in [1.165, 1.54) is 59.7 Å². The maximum Gasteiger partial charge on any atom is 0.125 e. The SMILES string of the molecule is C=CN.CCC/C(=C\c1cc(C)c(OCc2ccccc2)c(C)c1)CCC(C)=S.CCCCC. The molecule has 0 spiro atoms. The minimum Gasteiger partial charge on any atom is -0.488 e. The van der Waals surface area contributed by atoms with Crippen LogP contribution in [0.1, 0.15) is 94.9 Å². The van der Waals surface area contributed by atoms with Crippen LogP contribution in [0.2, 0.25) is 0 Å². The maximum absolute atomic E-state index is 6.10. The predicted molar refractivity (Wildman–Crippen MR) is 157 cm³/mol. The van der Waals surface area contributed by atoms with Crippen LogP contribution < -0.4 is 10.5 Å². The smallest absolute Gasteiger partial charge is 0.125 e. The van der Waals surface area contributed by atoms with E-state index in [1.54, 1.807) is 0 Å². The van der Waals surface area contributed by atoms with Crippen molar-refractivity contribution < 1.29 is 4.74 Å². The molecule has 34 heavy (non-hydrogen) atoms. The van der Waals surface area contributed by atoms with Gasteiger partial charge in [-0.05, 0) is 85.5 Å². The van der Waals surface area contributed by atoms with E-state index in [9.17, 15) is 0 Å². The molecule has 0 atom stereocenters. The Balaban J connectivity index is 0.00000118. The van der Waals surface area contributed by atoms with Gasteiger partial charge in [0.1, 0.15) is 12.4 Å². The van der Waals surface area contributed by atoms with Gasteiger partial charge in [0, 0.05) is 0 Å². The summed E-state index contributed by atoms with van der Waals surface area (Å²) in [5.41, 5.74) is 10.9. The van der Waals surface area contributed by atoms with Crippen molar-refractivity contribution in [3.8, 4) is 5.75 Å². The van der Waals surface area contributed by atoms with E-state index >= 15 is 0 Å². The predicted octanol–water partition coefficient (Wildman–Crippen LogP) is 9.52. The van der Waals surface area contributed by atoms with Crippen LogP contribution in [0.15, 0.2) is 60.8 Å². The third kappa shape index (κ3) is 14.7. The van der Waals surface area contributed by atoms with E-state index in [4.69, 9.17) is 17.0 Å². The monoisotopic (exact) mass is 481 g/mol. The van der Waals surface area contributed by atoms with Crippen LogP contribution in [0, 0.1) is 13.8 Å². The minimum atomic E-state index is 0.604. The standard InChI is InChI=1S/C24H30OS.C5H12.C2H5N/c1-5-9-21(13-12-20(4)26)16-23-14-18(2)24(19(3)15-23)25-17-22-10-7-6-8-11-22;1-3-5-4-2;1-2-3/h6-8,10-11,14-16H,5,9,12-13,17H2,1-4H3;3-5H2,1-2H3;2H,1,3H2/b21-16+;;. The summed E-state index contributed by atoms with van der Waals surface area (Å²) >= 11 is 5.25. The van der Waals surface area contributed by atoms with Crippen LogP contribution in [-0.4, -0.2) is 4.86 Å². The molecule has 2 aromatic carbocycles. The zero-order chi connectivity index (χ0) is 25.8. The van der Waals surface area contributed by atoms with Crippen molar-refractivity contribution in [1.29, 1.82) is 0 Å². The second-order valence-corrected chi connectivity index (χ2v) is 9.30. The summed E-state index contributed by atoms with van der Waals surface area (Å²) < 4.78 is 6.10. The number of thiocarbonyl (C=S) groups is 1. The Morgan fingerprint density at radius 1 is 0.941 bits per heavy atom. The highest BCUT2D eigenvalue weighted by Crippen LogP contribution is 2.28. The Bertz CT molecular complexity index is 830. The van der Waals surface area contributed by atoms with E-state index in [-0.39, 0.29) is 0 Å². The van der Waals surface area contributed by atoms with E-state index in [0.29, 0.717) is 6.61 Å². The van der Waals surface area contributed by atoms with Gasteiger partial charge in [-0.2, -0.15) is 0 Å². The first-order valence-electron chi connectivity index (χ1n) is 12.6. The van der Waals surface area contributed by atoms with Crippen LogP contribution in [0.25, 0.3) is 6.08 Å². The van der Waals surface area contributed by atoms with Crippen molar-refractivity contribution in [1.82, 2.24) is 0 Å². The number of ether oxygens (including phenoxy) is 1. The zero-order valence-electron chi connectivity index (χ0n) is 22.5. The molecular formula is C31H47NOS. The number of aryl methyl sites for hydroxylation is 2. The zero-order valence-corrected chi connectivity index (χ0v) is 23.3. The van der Waals surface area contributed by atoms with E-state index < -0.39 is 0 Å². The molecule has 3 heteroatoms. The molecule has 188 valence electrons. The van der Waals surface area contributed by atoms with Crippen molar-refractivity contribution in [3.63, 3.8) is 0 Å². The van der Waals surface area contributed by atoms with Crippen molar-refractivity contribution in [3.05, 3.63) is 83.1 Å². The molecule has 0 aliphatic carbocycles. The van der Waals surface area contributed by atoms with Gasteiger partial charge in [-0.1, -0.05) is 107 Å². The normalized spacial score (nSPS) is 10.4. The molecule has 2 N–H and O–H groups in total. The van der Waals surface area contributed by atoms with Gasteiger partial charge in [0.15, 0.2) is 0 Å².